The first-order valence-corrected chi connectivity index (χ1v) is 7.12. The summed E-state index contributed by atoms with van der Waals surface area (Å²) < 4.78 is 5.53. The Morgan fingerprint density at radius 1 is 1.14 bits per heavy atom. The average molecular weight is 291 g/mol. The van der Waals surface area contributed by atoms with E-state index in [4.69, 9.17) is 15.3 Å². The smallest absolute Gasteiger partial charge is 0.335 e. The molecule has 1 aromatic carbocycles. The maximum Gasteiger partial charge on any atom is 0.335 e. The molecule has 5 heteroatoms. The molecule has 0 aromatic heterocycles. The van der Waals surface area contributed by atoms with Crippen LogP contribution in [-0.2, 0) is 4.79 Å². The quantitative estimate of drug-likeness (QED) is 0.539. The highest BCUT2D eigenvalue weighted by Crippen LogP contribution is 2.19. The van der Waals surface area contributed by atoms with Crippen molar-refractivity contribution in [2.24, 2.45) is 0 Å². The van der Waals surface area contributed by atoms with Crippen LogP contribution in [0.1, 0.15) is 55.5 Å². The van der Waals surface area contributed by atoms with Crippen LogP contribution in [0.15, 0.2) is 18.2 Å². The normalized spacial score (nSPS) is 10.2. The standard InChI is InChI=1S/C16H21NO4/c1-3-5-6-7-21-13-9-11(15(17)14(18)4-2)8-12(10-13)16(19)20/h8-10,17H,3-7H2,1-2H3,(H,19,20). The zero-order chi connectivity index (χ0) is 15.8. The van der Waals surface area contributed by atoms with Crippen molar-refractivity contribution < 1.29 is 19.4 Å². The summed E-state index contributed by atoms with van der Waals surface area (Å²) in [5.41, 5.74) is 0.123. The minimum absolute atomic E-state index is 0.0200. The lowest BCUT2D eigenvalue weighted by Crippen LogP contribution is -2.14. The maximum absolute atomic E-state index is 11.6. The number of carbonyl (C=O) groups excluding carboxylic acids is 1. The molecule has 0 aliphatic rings. The Morgan fingerprint density at radius 2 is 1.81 bits per heavy atom. The molecule has 0 aliphatic heterocycles. The first-order valence-electron chi connectivity index (χ1n) is 7.12. The number of hydrogen-bond acceptors (Lipinski definition) is 4. The van der Waals surface area contributed by atoms with Gasteiger partial charge in [0.25, 0.3) is 0 Å². The predicted molar refractivity (Wildman–Crippen MR) is 80.5 cm³/mol. The van der Waals surface area contributed by atoms with E-state index in [2.05, 4.69) is 6.92 Å². The molecule has 0 radical (unpaired) electrons. The van der Waals surface area contributed by atoms with Gasteiger partial charge in [-0.05, 0) is 24.6 Å². The second-order valence-corrected chi connectivity index (χ2v) is 4.76. The molecule has 0 bridgehead atoms. The fraction of sp³-hybridized carbons (Fsp3) is 0.438. The molecule has 21 heavy (non-hydrogen) atoms. The Bertz CT molecular complexity index is 537. The van der Waals surface area contributed by atoms with Crippen LogP contribution in [-0.4, -0.2) is 29.2 Å². The van der Waals surface area contributed by atoms with Gasteiger partial charge in [0.05, 0.1) is 12.2 Å². The van der Waals surface area contributed by atoms with Crippen LogP contribution in [0.2, 0.25) is 0 Å². The largest absolute Gasteiger partial charge is 0.494 e. The van der Waals surface area contributed by atoms with Crippen molar-refractivity contribution >= 4 is 17.5 Å². The van der Waals surface area contributed by atoms with Gasteiger partial charge >= 0.3 is 5.97 Å². The number of rotatable bonds is 9. The Morgan fingerprint density at radius 3 is 2.38 bits per heavy atom. The van der Waals surface area contributed by atoms with E-state index < -0.39 is 5.97 Å². The molecule has 0 saturated carbocycles. The van der Waals surface area contributed by atoms with Crippen molar-refractivity contribution in [2.75, 3.05) is 6.61 Å². The number of carboxylic acids is 1. The number of carbonyl (C=O) groups is 2. The van der Waals surface area contributed by atoms with Crippen LogP contribution in [0.3, 0.4) is 0 Å². The maximum atomic E-state index is 11.6. The Hall–Kier alpha value is -2.17. The van der Waals surface area contributed by atoms with Crippen LogP contribution < -0.4 is 4.74 Å². The van der Waals surface area contributed by atoms with Gasteiger partial charge in [-0.25, -0.2) is 4.79 Å². The molecule has 114 valence electrons. The molecular weight excluding hydrogens is 270 g/mol. The number of nitrogens with one attached hydrogen (secondary N) is 1. The third-order valence-corrected chi connectivity index (χ3v) is 3.06. The van der Waals surface area contributed by atoms with Crippen molar-refractivity contribution in [1.82, 2.24) is 0 Å². The summed E-state index contributed by atoms with van der Waals surface area (Å²) in [7, 11) is 0. The molecule has 2 N–H and O–H groups in total. The first kappa shape index (κ1) is 16.9. The lowest BCUT2D eigenvalue weighted by Gasteiger charge is -2.10. The molecule has 0 atom stereocenters. The lowest BCUT2D eigenvalue weighted by atomic mass is 10.0. The van der Waals surface area contributed by atoms with Gasteiger partial charge in [-0.1, -0.05) is 26.7 Å². The van der Waals surface area contributed by atoms with Gasteiger partial charge in [0.15, 0.2) is 5.78 Å². The Labute approximate surface area is 124 Å². The number of aromatic carboxylic acids is 1. The summed E-state index contributed by atoms with van der Waals surface area (Å²) in [4.78, 5) is 22.7. The van der Waals surface area contributed by atoms with E-state index in [9.17, 15) is 9.59 Å². The van der Waals surface area contributed by atoms with Crippen molar-refractivity contribution in [3.05, 3.63) is 29.3 Å². The van der Waals surface area contributed by atoms with E-state index in [1.54, 1.807) is 13.0 Å². The van der Waals surface area contributed by atoms with E-state index in [0.29, 0.717) is 12.4 Å². The number of Topliss-reactive ketones (excluding diaryl/α,β-unsaturated/α-hetero) is 1. The number of ether oxygens (including phenoxy) is 1. The number of hydrogen-bond donors (Lipinski definition) is 2. The van der Waals surface area contributed by atoms with Gasteiger partial charge in [0, 0.05) is 12.0 Å². The van der Waals surface area contributed by atoms with Gasteiger partial charge in [0.2, 0.25) is 0 Å². The third kappa shape index (κ3) is 5.02. The number of ketones is 1. The number of benzene rings is 1. The van der Waals surface area contributed by atoms with Crippen molar-refractivity contribution in [1.29, 1.82) is 5.41 Å². The highest BCUT2D eigenvalue weighted by atomic mass is 16.5. The summed E-state index contributed by atoms with van der Waals surface area (Å²) in [6.45, 7) is 4.24. The molecule has 5 nitrogen and oxygen atoms in total. The first-order chi connectivity index (χ1) is 9.99. The van der Waals surface area contributed by atoms with Gasteiger partial charge in [-0.3, -0.25) is 10.2 Å². The van der Waals surface area contributed by atoms with E-state index >= 15 is 0 Å². The van der Waals surface area contributed by atoms with Crippen LogP contribution in [0.25, 0.3) is 0 Å². The lowest BCUT2D eigenvalue weighted by molar-refractivity contribution is -0.112. The molecule has 1 aromatic rings. The topological polar surface area (TPSA) is 87.5 Å². The monoisotopic (exact) mass is 291 g/mol. The van der Waals surface area contributed by atoms with E-state index in [1.165, 1.54) is 12.1 Å². The molecule has 1 rings (SSSR count). The van der Waals surface area contributed by atoms with Gasteiger partial charge in [-0.15, -0.1) is 0 Å². The van der Waals surface area contributed by atoms with E-state index in [1.807, 2.05) is 0 Å². The molecule has 0 aliphatic carbocycles. The van der Waals surface area contributed by atoms with E-state index in [0.717, 1.165) is 19.3 Å². The average Bonchev–Trinajstić information content (AvgIpc) is 2.49. The fourth-order valence-corrected chi connectivity index (χ4v) is 1.83. The second kappa shape index (κ2) is 8.19. The van der Waals surface area contributed by atoms with Crippen molar-refractivity contribution in [3.63, 3.8) is 0 Å². The summed E-state index contributed by atoms with van der Waals surface area (Å²) in [5, 5.41) is 16.9. The zero-order valence-electron chi connectivity index (χ0n) is 12.4. The predicted octanol–water partition coefficient (Wildman–Crippen LogP) is 3.30. The summed E-state index contributed by atoms with van der Waals surface area (Å²) in [6.07, 6.45) is 3.20. The molecule has 0 saturated heterocycles. The summed E-state index contributed by atoms with van der Waals surface area (Å²) in [5.74, 6) is -1.05. The van der Waals surface area contributed by atoms with Crippen LogP contribution in [0, 0.1) is 5.41 Å². The van der Waals surface area contributed by atoms with Crippen LogP contribution >= 0.6 is 0 Å². The minimum atomic E-state index is -1.10. The highest BCUT2D eigenvalue weighted by molar-refractivity contribution is 6.45. The fourth-order valence-electron chi connectivity index (χ4n) is 1.83. The SMILES string of the molecule is CCCCCOc1cc(C(=N)C(=O)CC)cc(C(=O)O)c1. The molecule has 0 amide bonds. The van der Waals surface area contributed by atoms with Crippen LogP contribution in [0.5, 0.6) is 5.75 Å². The minimum Gasteiger partial charge on any atom is -0.494 e. The highest BCUT2D eigenvalue weighted by Gasteiger charge is 2.14. The zero-order valence-corrected chi connectivity index (χ0v) is 12.4. The molecule has 0 unspecified atom stereocenters. The summed E-state index contributed by atoms with van der Waals surface area (Å²) >= 11 is 0. The van der Waals surface area contributed by atoms with Gasteiger partial charge in [-0.2, -0.15) is 0 Å². The van der Waals surface area contributed by atoms with Crippen LogP contribution in [0.4, 0.5) is 0 Å². The third-order valence-electron chi connectivity index (χ3n) is 3.06. The summed E-state index contributed by atoms with van der Waals surface area (Å²) in [6, 6.07) is 4.30. The van der Waals surface area contributed by atoms with Crippen molar-refractivity contribution in [3.8, 4) is 5.75 Å². The molecule has 0 fully saturated rings. The van der Waals surface area contributed by atoms with Crippen molar-refractivity contribution in [2.45, 2.75) is 39.5 Å². The molecule has 0 heterocycles. The molecule has 0 spiro atoms. The van der Waals surface area contributed by atoms with E-state index in [-0.39, 0.29) is 29.0 Å². The Balaban J connectivity index is 2.98. The number of unbranched alkanes of at least 4 members (excludes halogenated alkanes) is 2. The molecular formula is C16H21NO4. The van der Waals surface area contributed by atoms with Gasteiger partial charge < -0.3 is 9.84 Å². The Kier molecular flexibility index (Phi) is 6.59. The second-order valence-electron chi connectivity index (χ2n) is 4.76. The van der Waals surface area contributed by atoms with Gasteiger partial charge in [0.1, 0.15) is 11.5 Å². The number of carboxylic acid groups (broad SMARTS) is 1.